The molecule has 6 nitrogen and oxygen atoms in total. The molecule has 1 fully saturated rings. The SMILES string of the molecule is c1ccc(-c2cc(N(CCCN3CCCCCC3)Cc3ccc4c(c3)OCO4)on2)cc1. The Morgan fingerprint density at radius 3 is 2.53 bits per heavy atom. The van der Waals surface area contributed by atoms with Gasteiger partial charge in [-0.15, -0.1) is 0 Å². The van der Waals surface area contributed by atoms with Crippen LogP contribution in [0.5, 0.6) is 11.5 Å². The van der Waals surface area contributed by atoms with Crippen molar-refractivity contribution in [3.8, 4) is 22.8 Å². The van der Waals surface area contributed by atoms with Gasteiger partial charge in [0.1, 0.15) is 5.69 Å². The van der Waals surface area contributed by atoms with Crippen molar-refractivity contribution in [1.82, 2.24) is 10.1 Å². The third-order valence-corrected chi connectivity index (χ3v) is 6.29. The van der Waals surface area contributed by atoms with Gasteiger partial charge in [-0.05, 0) is 56.6 Å². The van der Waals surface area contributed by atoms with Gasteiger partial charge in [-0.2, -0.15) is 0 Å². The molecule has 5 rings (SSSR count). The third-order valence-electron chi connectivity index (χ3n) is 6.29. The van der Waals surface area contributed by atoms with Gasteiger partial charge in [0, 0.05) is 24.7 Å². The Morgan fingerprint density at radius 1 is 0.875 bits per heavy atom. The van der Waals surface area contributed by atoms with Crippen molar-refractivity contribution in [2.45, 2.75) is 38.6 Å². The van der Waals surface area contributed by atoms with E-state index in [2.05, 4.69) is 39.2 Å². The molecule has 0 saturated carbocycles. The predicted octanol–water partition coefficient (Wildman–Crippen LogP) is 5.34. The standard InChI is InChI=1S/C26H31N3O3/c1-2-7-14-28(13-6-1)15-8-16-29(19-21-11-12-24-25(17-21)31-20-30-24)26-18-23(27-32-26)22-9-4-3-5-10-22/h3-5,9-12,17-18H,1-2,6-8,13-16,19-20H2. The third kappa shape index (κ3) is 5.07. The molecule has 0 unspecified atom stereocenters. The minimum absolute atomic E-state index is 0.293. The summed E-state index contributed by atoms with van der Waals surface area (Å²) in [6.07, 6.45) is 6.47. The summed E-state index contributed by atoms with van der Waals surface area (Å²) in [5, 5.41) is 4.35. The van der Waals surface area contributed by atoms with E-state index in [0.717, 1.165) is 54.7 Å². The van der Waals surface area contributed by atoms with Gasteiger partial charge in [-0.25, -0.2) is 0 Å². The second kappa shape index (κ2) is 10.1. The fourth-order valence-corrected chi connectivity index (χ4v) is 4.53. The van der Waals surface area contributed by atoms with Crippen LogP contribution >= 0.6 is 0 Å². The summed E-state index contributed by atoms with van der Waals surface area (Å²) in [6.45, 7) is 5.51. The van der Waals surface area contributed by atoms with E-state index < -0.39 is 0 Å². The lowest BCUT2D eigenvalue weighted by atomic mass is 10.1. The molecule has 0 aliphatic carbocycles. The summed E-state index contributed by atoms with van der Waals surface area (Å²) in [6, 6.07) is 18.4. The molecule has 2 aliphatic rings. The number of nitrogens with zero attached hydrogens (tertiary/aromatic N) is 3. The van der Waals surface area contributed by atoms with Crippen LogP contribution < -0.4 is 14.4 Å². The molecule has 0 N–H and O–H groups in total. The summed E-state index contributed by atoms with van der Waals surface area (Å²) < 4.78 is 16.9. The molecular weight excluding hydrogens is 402 g/mol. The first-order valence-electron chi connectivity index (χ1n) is 11.7. The maximum Gasteiger partial charge on any atom is 0.231 e. The second-order valence-electron chi connectivity index (χ2n) is 8.63. The Labute approximate surface area is 189 Å². The molecule has 32 heavy (non-hydrogen) atoms. The summed E-state index contributed by atoms with van der Waals surface area (Å²) in [7, 11) is 0. The monoisotopic (exact) mass is 433 g/mol. The number of hydrogen-bond donors (Lipinski definition) is 0. The molecule has 6 heteroatoms. The van der Waals surface area contributed by atoms with E-state index in [9.17, 15) is 0 Å². The highest BCUT2D eigenvalue weighted by molar-refractivity contribution is 5.62. The van der Waals surface area contributed by atoms with Crippen molar-refractivity contribution in [3.63, 3.8) is 0 Å². The first-order valence-corrected chi connectivity index (χ1v) is 11.7. The van der Waals surface area contributed by atoms with Crippen LogP contribution in [0, 0.1) is 0 Å². The van der Waals surface area contributed by atoms with E-state index in [1.807, 2.05) is 30.3 Å². The van der Waals surface area contributed by atoms with Crippen LogP contribution in [0.2, 0.25) is 0 Å². The normalized spacial score (nSPS) is 16.1. The highest BCUT2D eigenvalue weighted by Gasteiger charge is 2.18. The molecule has 168 valence electrons. The van der Waals surface area contributed by atoms with Crippen molar-refractivity contribution in [3.05, 3.63) is 60.2 Å². The summed E-state index contributed by atoms with van der Waals surface area (Å²) in [4.78, 5) is 4.90. The number of aromatic nitrogens is 1. The number of anilines is 1. The van der Waals surface area contributed by atoms with Crippen LogP contribution in [0.15, 0.2) is 59.1 Å². The molecular formula is C26H31N3O3. The maximum absolute atomic E-state index is 5.81. The van der Waals surface area contributed by atoms with E-state index >= 15 is 0 Å². The Balaban J connectivity index is 1.30. The molecule has 2 aromatic carbocycles. The predicted molar refractivity (Wildman–Crippen MR) is 125 cm³/mol. The van der Waals surface area contributed by atoms with Crippen LogP contribution in [-0.2, 0) is 6.54 Å². The quantitative estimate of drug-likeness (QED) is 0.478. The van der Waals surface area contributed by atoms with Gasteiger partial charge in [0.05, 0.1) is 0 Å². The average molecular weight is 434 g/mol. The first-order chi connectivity index (χ1) is 15.8. The number of rotatable bonds is 8. The maximum atomic E-state index is 5.81. The largest absolute Gasteiger partial charge is 0.454 e. The zero-order chi connectivity index (χ0) is 21.6. The summed E-state index contributed by atoms with van der Waals surface area (Å²) in [5.74, 6) is 2.43. The van der Waals surface area contributed by atoms with E-state index in [-0.39, 0.29) is 0 Å². The van der Waals surface area contributed by atoms with Crippen LogP contribution in [0.4, 0.5) is 5.88 Å². The Kier molecular flexibility index (Phi) is 6.58. The first kappa shape index (κ1) is 20.9. The smallest absolute Gasteiger partial charge is 0.231 e. The molecule has 3 aromatic rings. The van der Waals surface area contributed by atoms with Crippen LogP contribution in [0.25, 0.3) is 11.3 Å². The molecule has 1 saturated heterocycles. The van der Waals surface area contributed by atoms with Gasteiger partial charge in [0.25, 0.3) is 0 Å². The Morgan fingerprint density at radius 2 is 1.69 bits per heavy atom. The molecule has 0 amide bonds. The van der Waals surface area contributed by atoms with E-state index in [1.54, 1.807) is 0 Å². The number of likely N-dealkylation sites (tertiary alicyclic amines) is 1. The van der Waals surface area contributed by atoms with Crippen molar-refractivity contribution in [2.24, 2.45) is 0 Å². The number of ether oxygens (including phenoxy) is 2. The van der Waals surface area contributed by atoms with Gasteiger partial charge in [-0.3, -0.25) is 0 Å². The average Bonchev–Trinajstić information content (AvgIpc) is 3.43. The molecule has 3 heterocycles. The highest BCUT2D eigenvalue weighted by Crippen LogP contribution is 2.33. The van der Waals surface area contributed by atoms with Crippen molar-refractivity contribution in [2.75, 3.05) is 37.9 Å². The molecule has 0 spiro atoms. The van der Waals surface area contributed by atoms with Gasteiger partial charge < -0.3 is 23.8 Å². The lowest BCUT2D eigenvalue weighted by molar-refractivity contribution is 0.174. The lowest BCUT2D eigenvalue weighted by Crippen LogP contribution is -2.30. The number of hydrogen-bond acceptors (Lipinski definition) is 6. The minimum atomic E-state index is 0.293. The summed E-state index contributed by atoms with van der Waals surface area (Å²) in [5.41, 5.74) is 3.10. The zero-order valence-corrected chi connectivity index (χ0v) is 18.5. The van der Waals surface area contributed by atoms with E-state index in [1.165, 1.54) is 44.3 Å². The van der Waals surface area contributed by atoms with Crippen LogP contribution in [0.3, 0.4) is 0 Å². The molecule has 2 aliphatic heterocycles. The molecule has 1 aromatic heterocycles. The van der Waals surface area contributed by atoms with Gasteiger partial charge in [0.15, 0.2) is 11.5 Å². The lowest BCUT2D eigenvalue weighted by Gasteiger charge is -2.24. The molecule has 0 radical (unpaired) electrons. The fourth-order valence-electron chi connectivity index (χ4n) is 4.53. The van der Waals surface area contributed by atoms with Gasteiger partial charge in [-0.1, -0.05) is 54.4 Å². The van der Waals surface area contributed by atoms with Crippen molar-refractivity contribution < 1.29 is 14.0 Å². The summed E-state index contributed by atoms with van der Waals surface area (Å²) >= 11 is 0. The number of benzene rings is 2. The van der Waals surface area contributed by atoms with Gasteiger partial charge >= 0.3 is 0 Å². The molecule has 0 bridgehead atoms. The fraction of sp³-hybridized carbons (Fsp3) is 0.423. The van der Waals surface area contributed by atoms with Crippen LogP contribution in [0.1, 0.15) is 37.7 Å². The Bertz CT molecular complexity index is 997. The number of fused-ring (bicyclic) bond motifs is 1. The second-order valence-corrected chi connectivity index (χ2v) is 8.63. The topological polar surface area (TPSA) is 51.0 Å². The van der Waals surface area contributed by atoms with Crippen LogP contribution in [-0.4, -0.2) is 43.0 Å². The minimum Gasteiger partial charge on any atom is -0.454 e. The van der Waals surface area contributed by atoms with Gasteiger partial charge in [0.2, 0.25) is 12.7 Å². The zero-order valence-electron chi connectivity index (χ0n) is 18.5. The highest BCUT2D eigenvalue weighted by atomic mass is 16.7. The molecule has 0 atom stereocenters. The van der Waals surface area contributed by atoms with Crippen molar-refractivity contribution >= 4 is 5.88 Å². The van der Waals surface area contributed by atoms with E-state index in [0.29, 0.717) is 6.79 Å². The van der Waals surface area contributed by atoms with E-state index in [4.69, 9.17) is 14.0 Å². The van der Waals surface area contributed by atoms with Crippen molar-refractivity contribution in [1.29, 1.82) is 0 Å². The Hall–Kier alpha value is -2.99.